The predicted octanol–water partition coefficient (Wildman–Crippen LogP) is 9.37. The summed E-state index contributed by atoms with van der Waals surface area (Å²) in [6, 6.07) is 8.65. The topological polar surface area (TPSA) is 93.1 Å². The third-order valence-corrected chi connectivity index (χ3v) is 8.49. The van der Waals surface area contributed by atoms with E-state index in [-0.39, 0.29) is 33.4 Å². The zero-order valence-corrected chi connectivity index (χ0v) is 29.1. The Morgan fingerprint density at radius 1 is 0.708 bits per heavy atom. The summed E-state index contributed by atoms with van der Waals surface area (Å²) in [6.07, 6.45) is 11.3. The van der Waals surface area contributed by atoms with E-state index in [2.05, 4.69) is 89.4 Å². The lowest BCUT2D eigenvalue weighted by Crippen LogP contribution is -2.37. The van der Waals surface area contributed by atoms with Gasteiger partial charge in [-0.15, -0.1) is 12.4 Å². The summed E-state index contributed by atoms with van der Waals surface area (Å²) in [5, 5.41) is 5.68. The van der Waals surface area contributed by atoms with E-state index in [4.69, 9.17) is 4.74 Å². The van der Waals surface area contributed by atoms with E-state index >= 15 is 0 Å². The zero-order valence-electron chi connectivity index (χ0n) is 28.2. The van der Waals surface area contributed by atoms with Crippen molar-refractivity contribution in [1.82, 2.24) is 30.2 Å². The monoisotopic (exact) mass is 674 g/mol. The number of carbonyl (C=O) groups is 1. The summed E-state index contributed by atoms with van der Waals surface area (Å²) in [6.45, 7) is 17.6. The van der Waals surface area contributed by atoms with E-state index < -0.39 is 5.60 Å². The van der Waals surface area contributed by atoms with Crippen LogP contribution in [0.25, 0.3) is 33.0 Å². The molecule has 0 spiro atoms. The molecule has 48 heavy (non-hydrogen) atoms. The Balaban J connectivity index is 0.000000326. The van der Waals surface area contributed by atoms with Crippen molar-refractivity contribution in [3.63, 3.8) is 0 Å². The Hall–Kier alpha value is -3.88. The summed E-state index contributed by atoms with van der Waals surface area (Å²) in [5.74, 6) is 0. The van der Waals surface area contributed by atoms with Crippen LogP contribution in [0.5, 0.6) is 0 Å². The molecule has 1 N–H and O–H groups in total. The van der Waals surface area contributed by atoms with Gasteiger partial charge < -0.3 is 15.0 Å². The van der Waals surface area contributed by atoms with Gasteiger partial charge >= 0.3 is 6.09 Å². The molecule has 0 saturated carbocycles. The number of rotatable bonds is 2. The van der Waals surface area contributed by atoms with Crippen molar-refractivity contribution >= 4 is 51.5 Å². The average molecular weight is 675 g/mol. The third-order valence-electron chi connectivity index (χ3n) is 8.49. The molecule has 0 fully saturated rings. The van der Waals surface area contributed by atoms with Crippen LogP contribution in [0.2, 0.25) is 0 Å². The van der Waals surface area contributed by atoms with E-state index in [1.807, 2.05) is 20.8 Å². The number of nitrogens with one attached hydrogen (secondary N) is 1. The van der Waals surface area contributed by atoms with E-state index in [9.17, 15) is 4.79 Å². The molecule has 0 radical (unpaired) electrons. The number of amides is 1. The first-order valence-corrected chi connectivity index (χ1v) is 16.0. The standard InChI is InChI=1S/C21H27N3O2.C16H19N3.2CH4.ClH/c1-14-11-17-18(12-15(14)2)22-13-23-19(17)16-7-6-9-24(10-8-16)20(25)26-21(3,4)5;1-11-8-14-15(9-12(11)2)18-10-19-16(14)13-4-3-6-17-7-5-13;;;/h7,11-13H,6,8-10H2,1-5H3;4,8-10,17H,3,5-7H2,1-2H3;2*1H4;1H. The van der Waals surface area contributed by atoms with Crippen LogP contribution < -0.4 is 5.32 Å². The van der Waals surface area contributed by atoms with E-state index in [1.54, 1.807) is 17.6 Å². The summed E-state index contributed by atoms with van der Waals surface area (Å²) >= 11 is 0. The van der Waals surface area contributed by atoms with Crippen LogP contribution >= 0.6 is 12.4 Å². The van der Waals surface area contributed by atoms with Crippen LogP contribution in [0, 0.1) is 27.7 Å². The van der Waals surface area contributed by atoms with Crippen molar-refractivity contribution in [2.24, 2.45) is 0 Å². The Bertz CT molecular complexity index is 1780. The van der Waals surface area contributed by atoms with Crippen molar-refractivity contribution < 1.29 is 9.53 Å². The lowest BCUT2D eigenvalue weighted by molar-refractivity contribution is 0.0260. The molecule has 4 heterocycles. The molecule has 1 amide bonds. The molecule has 0 saturated heterocycles. The minimum atomic E-state index is -0.474. The summed E-state index contributed by atoms with van der Waals surface area (Å²) < 4.78 is 5.51. The highest BCUT2D eigenvalue weighted by Crippen LogP contribution is 2.29. The largest absolute Gasteiger partial charge is 0.444 e. The SMILES string of the molecule is C.C.Cc1cc2ncnc(C3=CCCN(C(=O)OC(C)(C)C)CC3)c2cc1C.Cc1cc2ncnc(C3=CCCNCC3)c2cc1C.Cl. The maximum Gasteiger partial charge on any atom is 0.410 e. The fraction of sp³-hybridized carbons (Fsp3) is 0.462. The van der Waals surface area contributed by atoms with Crippen LogP contribution in [0.4, 0.5) is 4.79 Å². The van der Waals surface area contributed by atoms with Gasteiger partial charge in [-0.1, -0.05) is 27.0 Å². The molecule has 0 atom stereocenters. The summed E-state index contributed by atoms with van der Waals surface area (Å²) in [5.41, 5.74) is 11.2. The number of carbonyl (C=O) groups excluding carboxylic acids is 1. The third kappa shape index (κ3) is 9.83. The van der Waals surface area contributed by atoms with Crippen molar-refractivity contribution in [1.29, 1.82) is 0 Å². The fourth-order valence-corrected chi connectivity index (χ4v) is 5.75. The van der Waals surface area contributed by atoms with Crippen LogP contribution in [-0.4, -0.2) is 62.7 Å². The van der Waals surface area contributed by atoms with Gasteiger partial charge in [-0.2, -0.15) is 0 Å². The molecule has 2 aromatic heterocycles. The fourth-order valence-electron chi connectivity index (χ4n) is 5.75. The quantitative estimate of drug-likeness (QED) is 0.226. The second kappa shape index (κ2) is 17.5. The van der Waals surface area contributed by atoms with Crippen molar-refractivity contribution in [3.8, 4) is 0 Å². The predicted molar refractivity (Wildman–Crippen MR) is 204 cm³/mol. The molecule has 4 aromatic rings. The lowest BCUT2D eigenvalue weighted by Gasteiger charge is -2.26. The second-order valence-corrected chi connectivity index (χ2v) is 13.1. The molecule has 8 nitrogen and oxygen atoms in total. The van der Waals surface area contributed by atoms with Crippen LogP contribution in [-0.2, 0) is 4.74 Å². The molecule has 2 aliphatic rings. The van der Waals surface area contributed by atoms with Crippen molar-refractivity contribution in [3.05, 3.63) is 82.7 Å². The van der Waals surface area contributed by atoms with E-state index in [0.717, 1.165) is 66.6 Å². The van der Waals surface area contributed by atoms with Crippen molar-refractivity contribution in [2.45, 2.75) is 94.6 Å². The molecule has 0 bridgehead atoms. The minimum absolute atomic E-state index is 0. The molecular formula is C39H55ClN6O2. The smallest absolute Gasteiger partial charge is 0.410 e. The first-order valence-electron chi connectivity index (χ1n) is 16.0. The average Bonchev–Trinajstić information content (AvgIpc) is 3.41. The highest BCUT2D eigenvalue weighted by Gasteiger charge is 2.24. The van der Waals surface area contributed by atoms with Gasteiger partial charge in [0.25, 0.3) is 0 Å². The molecule has 2 aliphatic heterocycles. The van der Waals surface area contributed by atoms with Crippen LogP contribution in [0.15, 0.2) is 49.1 Å². The van der Waals surface area contributed by atoms with Crippen LogP contribution in [0.1, 0.15) is 94.9 Å². The van der Waals surface area contributed by atoms with Gasteiger partial charge in [0.1, 0.15) is 18.3 Å². The maximum absolute atomic E-state index is 12.4. The highest BCUT2D eigenvalue weighted by atomic mass is 35.5. The minimum Gasteiger partial charge on any atom is -0.444 e. The number of aryl methyl sites for hydroxylation is 4. The molecule has 0 aliphatic carbocycles. The Kier molecular flexibility index (Phi) is 14.7. The Morgan fingerprint density at radius 3 is 1.75 bits per heavy atom. The first kappa shape index (κ1) is 40.3. The van der Waals surface area contributed by atoms with E-state index in [1.165, 1.54) is 38.8 Å². The van der Waals surface area contributed by atoms with Gasteiger partial charge in [0.05, 0.1) is 22.4 Å². The number of nitrogens with zero attached hydrogens (tertiary/aromatic N) is 5. The maximum atomic E-state index is 12.4. The molecular weight excluding hydrogens is 620 g/mol. The van der Waals surface area contributed by atoms with Gasteiger partial charge in [-0.3, -0.25) is 0 Å². The number of halogens is 1. The van der Waals surface area contributed by atoms with Gasteiger partial charge in [0.15, 0.2) is 0 Å². The summed E-state index contributed by atoms with van der Waals surface area (Å²) in [7, 11) is 0. The van der Waals surface area contributed by atoms with Gasteiger partial charge in [0.2, 0.25) is 0 Å². The zero-order chi connectivity index (χ0) is 32.1. The number of hydrogen-bond donors (Lipinski definition) is 1. The highest BCUT2D eigenvalue weighted by molar-refractivity contribution is 5.91. The van der Waals surface area contributed by atoms with Gasteiger partial charge in [-0.25, -0.2) is 24.7 Å². The second-order valence-electron chi connectivity index (χ2n) is 13.1. The first-order chi connectivity index (χ1) is 21.5. The normalized spacial score (nSPS) is 14.9. The van der Waals surface area contributed by atoms with Gasteiger partial charge in [0, 0.05) is 23.9 Å². The number of fused-ring (bicyclic) bond motifs is 2. The molecule has 0 unspecified atom stereocenters. The molecule has 260 valence electrons. The number of hydrogen-bond acceptors (Lipinski definition) is 7. The number of ether oxygens (including phenoxy) is 1. The van der Waals surface area contributed by atoms with E-state index in [0.29, 0.717) is 13.1 Å². The molecule has 9 heteroatoms. The van der Waals surface area contributed by atoms with Gasteiger partial charge in [-0.05, 0) is 145 Å². The Morgan fingerprint density at radius 2 is 1.21 bits per heavy atom. The van der Waals surface area contributed by atoms with Crippen molar-refractivity contribution in [2.75, 3.05) is 26.2 Å². The lowest BCUT2D eigenvalue weighted by atomic mass is 10.00. The summed E-state index contributed by atoms with van der Waals surface area (Å²) in [4.78, 5) is 32.1. The number of aromatic nitrogens is 4. The Labute approximate surface area is 293 Å². The molecule has 2 aromatic carbocycles. The molecule has 6 rings (SSSR count). The van der Waals surface area contributed by atoms with Crippen LogP contribution in [0.3, 0.4) is 0 Å². The number of benzene rings is 2.